The van der Waals surface area contributed by atoms with Gasteiger partial charge in [0.15, 0.2) is 0 Å². The smallest absolute Gasteiger partial charge is 0.307 e. The van der Waals surface area contributed by atoms with E-state index in [9.17, 15) is 9.59 Å². The summed E-state index contributed by atoms with van der Waals surface area (Å²) in [6, 6.07) is 9.51. The molecule has 1 aromatic heterocycles. The van der Waals surface area contributed by atoms with Gasteiger partial charge in [-0.25, -0.2) is 0 Å². The Labute approximate surface area is 133 Å². The van der Waals surface area contributed by atoms with Crippen LogP contribution in [0.2, 0.25) is 0 Å². The fraction of sp³-hybridized carbons (Fsp3) is 0.375. The Kier molecular flexibility index (Phi) is 5.77. The Morgan fingerprint density at radius 1 is 1.32 bits per heavy atom. The van der Waals surface area contributed by atoms with Gasteiger partial charge in [0.2, 0.25) is 5.91 Å². The lowest BCUT2D eigenvalue weighted by Gasteiger charge is -2.17. The van der Waals surface area contributed by atoms with Crippen molar-refractivity contribution in [2.45, 2.75) is 19.9 Å². The molecule has 118 valence electrons. The van der Waals surface area contributed by atoms with Crippen LogP contribution in [0.4, 0.5) is 0 Å². The molecule has 0 atom stereocenters. The van der Waals surface area contributed by atoms with E-state index in [1.54, 1.807) is 16.5 Å². The van der Waals surface area contributed by atoms with Gasteiger partial charge < -0.3 is 14.2 Å². The number of aromatic nitrogens is 1. The van der Waals surface area contributed by atoms with E-state index < -0.39 is 0 Å². The van der Waals surface area contributed by atoms with Crippen LogP contribution in [0.1, 0.15) is 12.1 Å². The first-order valence-electron chi connectivity index (χ1n) is 7.14. The molecule has 1 aromatic carbocycles. The number of thiazole rings is 1. The third-order valence-electron chi connectivity index (χ3n) is 3.39. The highest BCUT2D eigenvalue weighted by molar-refractivity contribution is 7.07. The van der Waals surface area contributed by atoms with Gasteiger partial charge in [-0.15, -0.1) is 0 Å². The van der Waals surface area contributed by atoms with Gasteiger partial charge in [0.05, 0.1) is 6.54 Å². The summed E-state index contributed by atoms with van der Waals surface area (Å²) < 4.78 is 7.20. The van der Waals surface area contributed by atoms with Gasteiger partial charge in [0.1, 0.15) is 12.4 Å². The first-order valence-corrected chi connectivity index (χ1v) is 8.02. The summed E-state index contributed by atoms with van der Waals surface area (Å²) in [5.41, 5.74) is 0.901. The molecule has 0 aliphatic heterocycles. The van der Waals surface area contributed by atoms with Crippen LogP contribution in [0.3, 0.4) is 0 Å². The summed E-state index contributed by atoms with van der Waals surface area (Å²) in [6.07, 6.45) is 0.319. The first-order chi connectivity index (χ1) is 10.6. The fourth-order valence-corrected chi connectivity index (χ4v) is 2.78. The Morgan fingerprint density at radius 2 is 2.05 bits per heavy atom. The first kappa shape index (κ1) is 16.3. The average molecular weight is 320 g/mol. The van der Waals surface area contributed by atoms with Crippen molar-refractivity contribution in [2.24, 2.45) is 0 Å². The van der Waals surface area contributed by atoms with Crippen molar-refractivity contribution < 1.29 is 9.53 Å². The minimum atomic E-state index is -0.0136. The Bertz CT molecular complexity index is 664. The van der Waals surface area contributed by atoms with Crippen molar-refractivity contribution in [1.29, 1.82) is 0 Å². The molecular formula is C16H20N2O3S. The number of carbonyl (C=O) groups excluding carboxylic acids is 1. The molecule has 1 amide bonds. The normalized spacial score (nSPS) is 10.5. The maximum Gasteiger partial charge on any atom is 0.307 e. The van der Waals surface area contributed by atoms with Crippen LogP contribution in [0.5, 0.6) is 5.75 Å². The van der Waals surface area contributed by atoms with E-state index in [2.05, 4.69) is 0 Å². The minimum absolute atomic E-state index is 0.00848. The van der Waals surface area contributed by atoms with Gasteiger partial charge in [0.25, 0.3) is 0 Å². The maximum absolute atomic E-state index is 12.1. The summed E-state index contributed by atoms with van der Waals surface area (Å²) in [5, 5.41) is 1.81. The lowest BCUT2D eigenvalue weighted by molar-refractivity contribution is -0.130. The number of ether oxygens (including phenoxy) is 1. The van der Waals surface area contributed by atoms with Crippen LogP contribution < -0.4 is 9.61 Å². The van der Waals surface area contributed by atoms with E-state index in [-0.39, 0.29) is 10.8 Å². The fourth-order valence-electron chi connectivity index (χ4n) is 2.01. The number of likely N-dealkylation sites (N-methyl/N-ethyl adjacent to an activating group) is 1. The number of amides is 1. The Balaban J connectivity index is 1.74. The van der Waals surface area contributed by atoms with Crippen LogP contribution in [-0.2, 0) is 11.3 Å². The number of hydrogen-bond acceptors (Lipinski definition) is 4. The molecule has 0 spiro atoms. The molecule has 0 N–H and O–H groups in total. The van der Waals surface area contributed by atoms with E-state index >= 15 is 0 Å². The van der Waals surface area contributed by atoms with Crippen LogP contribution in [0.25, 0.3) is 0 Å². The number of hydrogen-bond donors (Lipinski definition) is 0. The Morgan fingerprint density at radius 3 is 2.68 bits per heavy atom. The summed E-state index contributed by atoms with van der Waals surface area (Å²) in [4.78, 5) is 25.3. The van der Waals surface area contributed by atoms with Crippen molar-refractivity contribution in [1.82, 2.24) is 9.47 Å². The van der Waals surface area contributed by atoms with Crippen molar-refractivity contribution >= 4 is 17.2 Å². The molecular weight excluding hydrogens is 300 g/mol. The summed E-state index contributed by atoms with van der Waals surface area (Å²) >= 11 is 1.17. The lowest BCUT2D eigenvalue weighted by atomic mass is 10.3. The van der Waals surface area contributed by atoms with Crippen molar-refractivity contribution in [3.05, 3.63) is 51.1 Å². The lowest BCUT2D eigenvalue weighted by Crippen LogP contribution is -2.32. The number of benzene rings is 1. The summed E-state index contributed by atoms with van der Waals surface area (Å²) in [6.45, 7) is 3.27. The van der Waals surface area contributed by atoms with Gasteiger partial charge >= 0.3 is 4.87 Å². The molecule has 0 bridgehead atoms. The predicted molar refractivity (Wildman–Crippen MR) is 87.5 cm³/mol. The second-order valence-electron chi connectivity index (χ2n) is 5.02. The highest BCUT2D eigenvalue weighted by Crippen LogP contribution is 2.08. The second-order valence-corrected chi connectivity index (χ2v) is 5.84. The molecule has 22 heavy (non-hydrogen) atoms. The Hall–Kier alpha value is -2.08. The van der Waals surface area contributed by atoms with Crippen molar-refractivity contribution in [3.63, 3.8) is 0 Å². The third kappa shape index (κ3) is 4.46. The second kappa shape index (κ2) is 7.79. The number of rotatable bonds is 7. The highest BCUT2D eigenvalue weighted by Gasteiger charge is 2.10. The number of nitrogens with zero attached hydrogens (tertiary/aromatic N) is 2. The molecule has 5 nitrogen and oxygen atoms in total. The molecule has 0 unspecified atom stereocenters. The van der Waals surface area contributed by atoms with Crippen LogP contribution in [0.15, 0.2) is 40.5 Å². The molecule has 2 aromatic rings. The molecule has 0 saturated carbocycles. The standard InChI is InChI=1S/C16H20N2O3S/c1-13-12-22-16(20)18(13)9-8-15(19)17(2)10-11-21-14-6-4-3-5-7-14/h3-7,12H,8-11H2,1-2H3. The maximum atomic E-state index is 12.1. The average Bonchev–Trinajstić information content (AvgIpc) is 2.84. The van der Waals surface area contributed by atoms with Gasteiger partial charge in [-0.1, -0.05) is 29.5 Å². The highest BCUT2D eigenvalue weighted by atomic mass is 32.1. The molecule has 0 fully saturated rings. The molecule has 0 aliphatic carbocycles. The molecule has 1 heterocycles. The molecule has 2 rings (SSSR count). The van der Waals surface area contributed by atoms with E-state index in [0.29, 0.717) is 26.1 Å². The van der Waals surface area contributed by atoms with E-state index in [1.165, 1.54) is 11.3 Å². The summed E-state index contributed by atoms with van der Waals surface area (Å²) in [5.74, 6) is 0.804. The van der Waals surface area contributed by atoms with Gasteiger partial charge in [0, 0.05) is 31.1 Å². The minimum Gasteiger partial charge on any atom is -0.492 e. The largest absolute Gasteiger partial charge is 0.492 e. The van der Waals surface area contributed by atoms with Crippen LogP contribution in [-0.4, -0.2) is 35.6 Å². The van der Waals surface area contributed by atoms with Crippen molar-refractivity contribution in [3.8, 4) is 5.75 Å². The van der Waals surface area contributed by atoms with E-state index in [4.69, 9.17) is 4.74 Å². The molecule has 0 aliphatic rings. The zero-order valence-electron chi connectivity index (χ0n) is 12.8. The molecule has 6 heteroatoms. The predicted octanol–water partition coefficient (Wildman–Crippen LogP) is 2.15. The zero-order valence-corrected chi connectivity index (χ0v) is 13.6. The number of para-hydroxylation sites is 1. The number of carbonyl (C=O) groups is 1. The van der Waals surface area contributed by atoms with E-state index in [0.717, 1.165) is 11.4 Å². The third-order valence-corrected chi connectivity index (χ3v) is 4.27. The quantitative estimate of drug-likeness (QED) is 0.785. The van der Waals surface area contributed by atoms with Crippen LogP contribution >= 0.6 is 11.3 Å². The molecule has 0 radical (unpaired) electrons. The van der Waals surface area contributed by atoms with Crippen LogP contribution in [0, 0.1) is 6.92 Å². The SMILES string of the molecule is Cc1csc(=O)n1CCC(=O)N(C)CCOc1ccccc1. The van der Waals surface area contributed by atoms with Gasteiger partial charge in [-0.3, -0.25) is 9.59 Å². The summed E-state index contributed by atoms with van der Waals surface area (Å²) in [7, 11) is 1.75. The van der Waals surface area contributed by atoms with Gasteiger partial charge in [-0.05, 0) is 19.1 Å². The van der Waals surface area contributed by atoms with E-state index in [1.807, 2.05) is 42.6 Å². The topological polar surface area (TPSA) is 51.5 Å². The zero-order chi connectivity index (χ0) is 15.9. The number of aryl methyl sites for hydroxylation is 1. The monoisotopic (exact) mass is 320 g/mol. The van der Waals surface area contributed by atoms with Crippen molar-refractivity contribution in [2.75, 3.05) is 20.2 Å². The van der Waals surface area contributed by atoms with Gasteiger partial charge in [-0.2, -0.15) is 0 Å². The molecule has 0 saturated heterocycles.